The van der Waals surface area contributed by atoms with Gasteiger partial charge in [-0.2, -0.15) is 5.26 Å². The lowest BCUT2D eigenvalue weighted by Crippen LogP contribution is -2.30. The van der Waals surface area contributed by atoms with Crippen molar-refractivity contribution in [3.05, 3.63) is 111 Å². The van der Waals surface area contributed by atoms with Crippen LogP contribution in [0, 0.1) is 29.9 Å². The Labute approximate surface area is 229 Å². The number of carbonyl (C=O) groups is 1. The van der Waals surface area contributed by atoms with Gasteiger partial charge in [0.05, 0.1) is 5.69 Å². The number of nitrogens with two attached hydrogens (primary N) is 1. The van der Waals surface area contributed by atoms with Crippen LogP contribution in [0.4, 0.5) is 20.3 Å². The second-order valence-corrected chi connectivity index (χ2v) is 9.01. The predicted molar refractivity (Wildman–Crippen MR) is 151 cm³/mol. The molecule has 0 fully saturated rings. The largest absolute Gasteiger partial charge is 0.391 e. The number of aromatic nitrogens is 2. The van der Waals surface area contributed by atoms with Gasteiger partial charge < -0.3 is 16.4 Å². The molecule has 4 aromatic rings. The van der Waals surface area contributed by atoms with E-state index in [0.717, 1.165) is 40.4 Å². The summed E-state index contributed by atoms with van der Waals surface area (Å²) in [6, 6.07) is 14.0. The number of pyridine rings is 2. The molecule has 202 valence electrons. The van der Waals surface area contributed by atoms with Gasteiger partial charge in [0, 0.05) is 35.8 Å². The van der Waals surface area contributed by atoms with Gasteiger partial charge in [0.25, 0.3) is 11.5 Å². The van der Waals surface area contributed by atoms with Gasteiger partial charge in [0.2, 0.25) is 0 Å². The molecule has 0 unspecified atom stereocenters. The maximum atomic E-state index is 15.3. The van der Waals surface area contributed by atoms with Gasteiger partial charge in [-0.3, -0.25) is 14.2 Å². The molecule has 2 aromatic heterocycles. The molecule has 1 amide bonds. The van der Waals surface area contributed by atoms with Crippen molar-refractivity contribution < 1.29 is 13.6 Å². The molecule has 8 nitrogen and oxygen atoms in total. The van der Waals surface area contributed by atoms with E-state index in [2.05, 4.69) is 15.6 Å². The Morgan fingerprint density at radius 1 is 1.12 bits per heavy atom. The topological polar surface area (TPSA) is 126 Å². The fraction of sp³-hybridized carbons (Fsp3) is 0.133. The Bertz CT molecular complexity index is 1740. The quantitative estimate of drug-likeness (QED) is 0.297. The summed E-state index contributed by atoms with van der Waals surface area (Å²) in [5.74, 6) is -1.83. The van der Waals surface area contributed by atoms with Crippen LogP contribution in [0.3, 0.4) is 0 Å². The lowest BCUT2D eigenvalue weighted by molar-refractivity contribution is 0.102. The summed E-state index contributed by atoms with van der Waals surface area (Å²) >= 11 is 0. The number of rotatable bonds is 7. The Kier molecular flexibility index (Phi) is 8.05. The molecule has 0 radical (unpaired) electrons. The molecule has 0 spiro atoms. The molecule has 0 aliphatic heterocycles. The number of hydrogen-bond acceptors (Lipinski definition) is 6. The molecule has 0 aliphatic rings. The Balaban J connectivity index is 1.67. The van der Waals surface area contributed by atoms with E-state index in [9.17, 15) is 19.2 Å². The molecule has 40 heavy (non-hydrogen) atoms. The van der Waals surface area contributed by atoms with Crippen LogP contribution < -0.4 is 21.9 Å². The van der Waals surface area contributed by atoms with E-state index in [1.165, 1.54) is 30.3 Å². The summed E-state index contributed by atoms with van der Waals surface area (Å²) in [5, 5.41) is 15.3. The number of nitrogen functional groups attached to an aromatic ring is 1. The first kappa shape index (κ1) is 27.7. The zero-order chi connectivity index (χ0) is 29.0. The van der Waals surface area contributed by atoms with Gasteiger partial charge in [-0.1, -0.05) is 0 Å². The van der Waals surface area contributed by atoms with Crippen molar-refractivity contribution in [1.82, 2.24) is 14.9 Å². The number of allylic oxidation sites excluding steroid dienone is 1. The number of aryl methyl sites for hydroxylation is 1. The Morgan fingerprint density at radius 2 is 1.85 bits per heavy atom. The van der Waals surface area contributed by atoms with E-state index in [1.54, 1.807) is 19.2 Å². The number of nitrogens with one attached hydrogen (secondary N) is 2. The van der Waals surface area contributed by atoms with E-state index >= 15 is 4.39 Å². The zero-order valence-corrected chi connectivity index (χ0v) is 22.0. The van der Waals surface area contributed by atoms with Crippen molar-refractivity contribution in [2.24, 2.45) is 0 Å². The molecular weight excluding hydrogens is 514 g/mol. The number of amides is 1. The van der Waals surface area contributed by atoms with Gasteiger partial charge in [-0.25, -0.2) is 13.8 Å². The van der Waals surface area contributed by atoms with Gasteiger partial charge in [0.15, 0.2) is 0 Å². The summed E-state index contributed by atoms with van der Waals surface area (Å²) in [5.41, 5.74) is 7.93. The number of benzene rings is 2. The van der Waals surface area contributed by atoms with Crippen molar-refractivity contribution >= 4 is 23.0 Å². The third-order valence-corrected chi connectivity index (χ3v) is 6.24. The molecule has 0 saturated carbocycles. The third-order valence-electron chi connectivity index (χ3n) is 6.24. The highest BCUT2D eigenvalue weighted by Crippen LogP contribution is 2.31. The number of nitriles is 1. The van der Waals surface area contributed by atoms with E-state index in [0.29, 0.717) is 11.1 Å². The van der Waals surface area contributed by atoms with Crippen molar-refractivity contribution in [1.29, 1.82) is 5.26 Å². The molecule has 4 rings (SSSR count). The molecule has 0 aliphatic carbocycles. The minimum absolute atomic E-state index is 0.00698. The minimum Gasteiger partial charge on any atom is -0.391 e. The first-order chi connectivity index (χ1) is 19.1. The highest BCUT2D eigenvalue weighted by atomic mass is 19.1. The number of halogens is 2. The second-order valence-electron chi connectivity index (χ2n) is 9.01. The van der Waals surface area contributed by atoms with Crippen LogP contribution in [0.1, 0.15) is 41.0 Å². The van der Waals surface area contributed by atoms with Gasteiger partial charge in [-0.05, 0) is 92.1 Å². The molecule has 4 N–H and O–H groups in total. The highest BCUT2D eigenvalue weighted by molar-refractivity contribution is 6.04. The number of anilines is 2. The van der Waals surface area contributed by atoms with E-state index < -0.39 is 23.1 Å². The van der Waals surface area contributed by atoms with Crippen LogP contribution in [0.25, 0.3) is 22.4 Å². The van der Waals surface area contributed by atoms with Crippen LogP contribution in [0.5, 0.6) is 0 Å². The van der Waals surface area contributed by atoms with E-state index in [-0.39, 0.29) is 34.0 Å². The molecule has 0 atom stereocenters. The second kappa shape index (κ2) is 11.6. The average molecular weight is 541 g/mol. The monoisotopic (exact) mass is 540 g/mol. The van der Waals surface area contributed by atoms with Crippen molar-refractivity contribution in [3.63, 3.8) is 0 Å². The summed E-state index contributed by atoms with van der Waals surface area (Å²) < 4.78 is 29.8. The fourth-order valence-corrected chi connectivity index (χ4v) is 4.14. The molecule has 0 saturated heterocycles. The molecule has 2 heterocycles. The van der Waals surface area contributed by atoms with Crippen LogP contribution in [-0.4, -0.2) is 22.0 Å². The summed E-state index contributed by atoms with van der Waals surface area (Å²) in [6.07, 6.45) is 3.44. The lowest BCUT2D eigenvalue weighted by Gasteiger charge is -2.14. The normalized spacial score (nSPS) is 11.2. The van der Waals surface area contributed by atoms with Gasteiger partial charge in [-0.15, -0.1) is 0 Å². The van der Waals surface area contributed by atoms with Gasteiger partial charge in [0.1, 0.15) is 34.8 Å². The maximum absolute atomic E-state index is 15.3. The van der Waals surface area contributed by atoms with Crippen molar-refractivity contribution in [2.75, 3.05) is 17.6 Å². The maximum Gasteiger partial charge on any atom is 0.269 e. The Morgan fingerprint density at radius 3 is 2.50 bits per heavy atom. The molecular formula is C30H26F2N6O2. The van der Waals surface area contributed by atoms with Crippen LogP contribution in [0.2, 0.25) is 0 Å². The zero-order valence-electron chi connectivity index (χ0n) is 22.0. The van der Waals surface area contributed by atoms with Crippen molar-refractivity contribution in [2.45, 2.75) is 20.8 Å². The van der Waals surface area contributed by atoms with Crippen LogP contribution in [-0.2, 0) is 0 Å². The minimum atomic E-state index is -0.798. The van der Waals surface area contributed by atoms with Crippen molar-refractivity contribution in [3.8, 4) is 22.9 Å². The summed E-state index contributed by atoms with van der Waals surface area (Å²) in [7, 11) is 0. The summed E-state index contributed by atoms with van der Waals surface area (Å²) in [4.78, 5) is 30.6. The first-order valence-electron chi connectivity index (χ1n) is 12.3. The van der Waals surface area contributed by atoms with Gasteiger partial charge >= 0.3 is 0 Å². The fourth-order valence-electron chi connectivity index (χ4n) is 4.14. The average Bonchev–Trinajstić information content (AvgIpc) is 2.93. The lowest BCUT2D eigenvalue weighted by atomic mass is 10.0. The number of nitrogens with zero attached hydrogens (tertiary/aromatic N) is 3. The number of hydrogen-bond donors (Lipinski definition) is 3. The Hall–Kier alpha value is -5.30. The first-order valence-corrected chi connectivity index (χ1v) is 12.3. The van der Waals surface area contributed by atoms with E-state index in [4.69, 9.17) is 5.73 Å². The third kappa shape index (κ3) is 5.59. The highest BCUT2D eigenvalue weighted by Gasteiger charge is 2.20. The molecule has 2 aromatic carbocycles. The molecule has 0 bridgehead atoms. The van der Waals surface area contributed by atoms with Crippen LogP contribution >= 0.6 is 0 Å². The summed E-state index contributed by atoms with van der Waals surface area (Å²) in [6.45, 7) is 6.18. The molecule has 10 heteroatoms. The standard InChI is InChI=1S/C30H26F2N6O2/c1-4-35-15-18(3)19-12-24(28(34)36-16-19)23-10-7-21(13-26(23)32)37-29(39)25-11-17(2)27(14-33)38(30(25)40)22-8-5-20(31)6-9-22/h5-13,15-16,35H,4H2,1-3H3,(H2,34,36)(H,37,39)/b18-15+. The SMILES string of the molecule is CCN/C=C(\C)c1cnc(N)c(-c2ccc(NC(=O)c3cc(C)c(C#N)n(-c4ccc(F)cc4)c3=O)cc2F)c1. The number of carbonyl (C=O) groups excluding carboxylic acids is 1. The predicted octanol–water partition coefficient (Wildman–Crippen LogP) is 5.16. The van der Waals surface area contributed by atoms with E-state index in [1.807, 2.05) is 26.1 Å². The van der Waals surface area contributed by atoms with Crippen LogP contribution in [0.15, 0.2) is 71.8 Å². The smallest absolute Gasteiger partial charge is 0.269 e.